The minimum Gasteiger partial charge on any atom is -0.468 e. The predicted octanol–water partition coefficient (Wildman–Crippen LogP) is 4.06. The number of rotatable bonds is 4. The van der Waals surface area contributed by atoms with Crippen LogP contribution in [0.3, 0.4) is 0 Å². The summed E-state index contributed by atoms with van der Waals surface area (Å²) < 4.78 is 4.94. The van der Waals surface area contributed by atoms with Gasteiger partial charge >= 0.3 is 5.97 Å². The molecule has 0 aliphatic heterocycles. The average molecular weight is 362 g/mol. The van der Waals surface area contributed by atoms with Gasteiger partial charge in [-0.3, -0.25) is 10.6 Å². The molecule has 0 bridgehead atoms. The maximum atomic E-state index is 12.3. The molecule has 1 unspecified atom stereocenters. The van der Waals surface area contributed by atoms with Gasteiger partial charge in [-0.15, -0.1) is 0 Å². The summed E-state index contributed by atoms with van der Waals surface area (Å²) in [6.07, 6.45) is 5.91. The molecule has 1 aliphatic rings. The minimum atomic E-state index is -0.877. The lowest BCUT2D eigenvalue weighted by Gasteiger charge is -2.29. The number of ether oxygens (including phenoxy) is 1. The minimum absolute atomic E-state index is 0.305. The number of nitrogen functional groups attached to an aromatic ring is 1. The van der Waals surface area contributed by atoms with Crippen LogP contribution in [0.1, 0.15) is 12.0 Å². The molecular weight excluding hydrogens is 347 g/mol. The van der Waals surface area contributed by atoms with Crippen LogP contribution in [0.25, 0.3) is 0 Å². The number of anilines is 1. The zero-order chi connectivity index (χ0) is 16.3. The first-order valence-electron chi connectivity index (χ1n) is 6.50. The number of carbonyl (C=O) groups is 1. The quantitative estimate of drug-likeness (QED) is 0.482. The van der Waals surface area contributed by atoms with E-state index < -0.39 is 5.41 Å². The predicted molar refractivity (Wildman–Crippen MR) is 90.1 cm³/mol. The van der Waals surface area contributed by atoms with E-state index in [0.29, 0.717) is 39.2 Å². The molecule has 1 atom stereocenters. The van der Waals surface area contributed by atoms with Crippen molar-refractivity contribution in [3.8, 4) is 0 Å². The molecule has 0 spiro atoms. The number of hydrazine groups is 1. The molecule has 118 valence electrons. The first-order valence-corrected chi connectivity index (χ1v) is 7.63. The van der Waals surface area contributed by atoms with E-state index in [9.17, 15) is 4.79 Å². The summed E-state index contributed by atoms with van der Waals surface area (Å²) in [5.74, 6) is 4.99. The van der Waals surface area contributed by atoms with Crippen molar-refractivity contribution in [1.29, 1.82) is 0 Å². The van der Waals surface area contributed by atoms with Crippen LogP contribution in [-0.2, 0) is 16.0 Å². The Hall–Kier alpha value is -1.20. The van der Waals surface area contributed by atoms with Gasteiger partial charge < -0.3 is 10.2 Å². The maximum absolute atomic E-state index is 12.3. The summed E-state index contributed by atoms with van der Waals surface area (Å²) >= 11 is 18.5. The second-order valence-electron chi connectivity index (χ2n) is 5.01. The second kappa shape index (κ2) is 6.92. The van der Waals surface area contributed by atoms with E-state index in [2.05, 4.69) is 5.43 Å². The lowest BCUT2D eigenvalue weighted by atomic mass is 9.76. The highest BCUT2D eigenvalue weighted by atomic mass is 35.5. The van der Waals surface area contributed by atoms with Crippen molar-refractivity contribution in [1.82, 2.24) is 0 Å². The Labute approximate surface area is 143 Å². The van der Waals surface area contributed by atoms with E-state index in [1.807, 2.05) is 0 Å². The number of benzene rings is 1. The molecule has 22 heavy (non-hydrogen) atoms. The monoisotopic (exact) mass is 360 g/mol. The highest BCUT2D eigenvalue weighted by molar-refractivity contribution is 6.36. The largest absolute Gasteiger partial charge is 0.468 e. The van der Waals surface area contributed by atoms with Crippen LogP contribution >= 0.6 is 34.8 Å². The molecule has 2 rings (SSSR count). The Morgan fingerprint density at radius 3 is 2.45 bits per heavy atom. The van der Waals surface area contributed by atoms with Gasteiger partial charge in [0, 0.05) is 15.1 Å². The fourth-order valence-electron chi connectivity index (χ4n) is 2.38. The van der Waals surface area contributed by atoms with Crippen LogP contribution in [0.15, 0.2) is 35.4 Å². The molecule has 0 radical (unpaired) electrons. The van der Waals surface area contributed by atoms with Crippen LogP contribution in [0.5, 0.6) is 0 Å². The molecule has 0 fully saturated rings. The normalized spacial score (nSPS) is 20.5. The van der Waals surface area contributed by atoms with E-state index in [0.717, 1.165) is 0 Å². The van der Waals surface area contributed by atoms with Crippen LogP contribution in [0, 0.1) is 5.41 Å². The lowest BCUT2D eigenvalue weighted by Crippen LogP contribution is -2.33. The Kier molecular flexibility index (Phi) is 5.40. The third-order valence-electron chi connectivity index (χ3n) is 3.61. The van der Waals surface area contributed by atoms with Crippen LogP contribution < -0.4 is 11.3 Å². The molecule has 0 aromatic heterocycles. The zero-order valence-corrected chi connectivity index (χ0v) is 14.1. The van der Waals surface area contributed by atoms with Gasteiger partial charge in [0.1, 0.15) is 0 Å². The standard InChI is InChI=1S/C15H15Cl3N2O2/c1-22-14(21)15(4-2-9(16)3-5-15)8-11-12(17)6-10(20-19)7-13(11)18/h2-4,6-7,20H,5,8,19H2,1H3. The molecular formula is C15H15Cl3N2O2. The summed E-state index contributed by atoms with van der Waals surface area (Å²) in [6, 6.07) is 3.31. The number of esters is 1. The molecule has 4 nitrogen and oxygen atoms in total. The zero-order valence-electron chi connectivity index (χ0n) is 11.8. The van der Waals surface area contributed by atoms with E-state index in [4.69, 9.17) is 45.4 Å². The van der Waals surface area contributed by atoms with E-state index in [1.165, 1.54) is 7.11 Å². The molecule has 3 N–H and O–H groups in total. The Balaban J connectivity index is 2.41. The number of allylic oxidation sites excluding steroid dienone is 3. The van der Waals surface area contributed by atoms with Crippen LogP contribution in [0.2, 0.25) is 10.0 Å². The number of hydrogen-bond donors (Lipinski definition) is 2. The fourth-order valence-corrected chi connectivity index (χ4v) is 3.14. The van der Waals surface area contributed by atoms with E-state index in [1.54, 1.807) is 30.4 Å². The third-order valence-corrected chi connectivity index (χ3v) is 4.57. The van der Waals surface area contributed by atoms with Crippen LogP contribution in [-0.4, -0.2) is 13.1 Å². The van der Waals surface area contributed by atoms with Gasteiger partial charge in [-0.1, -0.05) is 47.0 Å². The molecule has 1 aromatic carbocycles. The first-order chi connectivity index (χ1) is 10.4. The molecule has 0 heterocycles. The fraction of sp³-hybridized carbons (Fsp3) is 0.267. The molecule has 7 heteroatoms. The Morgan fingerprint density at radius 2 is 2.00 bits per heavy atom. The van der Waals surface area contributed by atoms with Crippen molar-refractivity contribution in [3.63, 3.8) is 0 Å². The summed E-state index contributed by atoms with van der Waals surface area (Å²) in [5, 5.41) is 1.44. The van der Waals surface area contributed by atoms with Crippen molar-refractivity contribution < 1.29 is 9.53 Å². The number of nitrogens with one attached hydrogen (secondary N) is 1. The summed E-state index contributed by atoms with van der Waals surface area (Å²) in [6.45, 7) is 0. The highest BCUT2D eigenvalue weighted by Crippen LogP contribution is 2.40. The van der Waals surface area contributed by atoms with Gasteiger partial charge in [0.05, 0.1) is 18.2 Å². The molecule has 1 aliphatic carbocycles. The van der Waals surface area contributed by atoms with Gasteiger partial charge in [-0.2, -0.15) is 0 Å². The van der Waals surface area contributed by atoms with E-state index in [-0.39, 0.29) is 5.97 Å². The first kappa shape index (κ1) is 17.2. The molecule has 1 aromatic rings. The summed E-state index contributed by atoms with van der Waals surface area (Å²) in [4.78, 5) is 12.3. The number of carbonyl (C=O) groups excluding carboxylic acids is 1. The number of methoxy groups -OCH3 is 1. The topological polar surface area (TPSA) is 64.3 Å². The molecule has 0 amide bonds. The number of nitrogens with two attached hydrogens (primary N) is 1. The van der Waals surface area contributed by atoms with Crippen LogP contribution in [0.4, 0.5) is 5.69 Å². The number of hydrogen-bond acceptors (Lipinski definition) is 4. The van der Waals surface area contributed by atoms with Gasteiger partial charge in [-0.25, -0.2) is 0 Å². The molecule has 0 saturated carbocycles. The van der Waals surface area contributed by atoms with Crippen molar-refractivity contribution >= 4 is 46.5 Å². The summed E-state index contributed by atoms with van der Waals surface area (Å²) in [7, 11) is 1.35. The van der Waals surface area contributed by atoms with Gasteiger partial charge in [0.2, 0.25) is 0 Å². The maximum Gasteiger partial charge on any atom is 0.316 e. The average Bonchev–Trinajstić information content (AvgIpc) is 2.52. The highest BCUT2D eigenvalue weighted by Gasteiger charge is 2.39. The Bertz CT molecular complexity index is 635. The van der Waals surface area contributed by atoms with Gasteiger partial charge in [0.15, 0.2) is 0 Å². The third kappa shape index (κ3) is 3.41. The van der Waals surface area contributed by atoms with Crippen molar-refractivity contribution in [2.45, 2.75) is 12.8 Å². The van der Waals surface area contributed by atoms with Gasteiger partial charge in [0.25, 0.3) is 0 Å². The Morgan fingerprint density at radius 1 is 1.36 bits per heavy atom. The van der Waals surface area contributed by atoms with Crippen molar-refractivity contribution in [2.24, 2.45) is 11.3 Å². The lowest BCUT2D eigenvalue weighted by molar-refractivity contribution is -0.149. The smallest absolute Gasteiger partial charge is 0.316 e. The SMILES string of the molecule is COC(=O)C1(Cc2c(Cl)cc(NN)cc2Cl)C=CC(Cl)=CC1. The van der Waals surface area contributed by atoms with Gasteiger partial charge in [-0.05, 0) is 36.6 Å². The summed E-state index contributed by atoms with van der Waals surface area (Å²) in [5.41, 5.74) is 2.86. The van der Waals surface area contributed by atoms with Crippen molar-refractivity contribution in [3.05, 3.63) is 51.0 Å². The van der Waals surface area contributed by atoms with Crippen molar-refractivity contribution in [2.75, 3.05) is 12.5 Å². The number of halogens is 3. The van der Waals surface area contributed by atoms with E-state index >= 15 is 0 Å². The molecule has 0 saturated heterocycles. The second-order valence-corrected chi connectivity index (χ2v) is 6.26.